The van der Waals surface area contributed by atoms with Crippen LogP contribution >= 0.6 is 0 Å². The number of nitrogen functional groups attached to an aromatic ring is 1. The van der Waals surface area contributed by atoms with Crippen molar-refractivity contribution >= 4 is 5.69 Å². The average molecular weight is 242 g/mol. The predicted molar refractivity (Wildman–Crippen MR) is 68.4 cm³/mol. The van der Waals surface area contributed by atoms with Crippen LogP contribution in [0.3, 0.4) is 0 Å². The molecule has 5 heteroatoms. The molecule has 18 heavy (non-hydrogen) atoms. The highest BCUT2D eigenvalue weighted by Gasteiger charge is 2.18. The van der Waals surface area contributed by atoms with Gasteiger partial charge in [0.1, 0.15) is 11.8 Å². The third-order valence-corrected chi connectivity index (χ3v) is 2.70. The Balaban J connectivity index is 2.61. The van der Waals surface area contributed by atoms with Gasteiger partial charge in [0.25, 0.3) is 0 Å². The van der Waals surface area contributed by atoms with E-state index in [0.717, 1.165) is 0 Å². The normalized spacial score (nSPS) is 10.6. The fourth-order valence-electron chi connectivity index (χ4n) is 1.76. The highest BCUT2D eigenvalue weighted by molar-refractivity contribution is 5.58. The van der Waals surface area contributed by atoms with E-state index in [1.165, 1.54) is 4.68 Å². The van der Waals surface area contributed by atoms with Gasteiger partial charge in [0.15, 0.2) is 5.69 Å². The lowest BCUT2D eigenvalue weighted by Crippen LogP contribution is -2.00. The summed E-state index contributed by atoms with van der Waals surface area (Å²) in [5, 5.41) is 22.8. The minimum Gasteiger partial charge on any atom is -0.508 e. The number of benzene rings is 1. The molecule has 2 rings (SSSR count). The molecule has 0 saturated carbocycles. The largest absolute Gasteiger partial charge is 0.508 e. The molecule has 5 nitrogen and oxygen atoms in total. The van der Waals surface area contributed by atoms with E-state index in [-0.39, 0.29) is 11.7 Å². The molecule has 3 N–H and O–H groups in total. The van der Waals surface area contributed by atoms with Crippen molar-refractivity contribution in [3.8, 4) is 17.5 Å². The molecule has 0 aliphatic heterocycles. The molecular weight excluding hydrogens is 228 g/mol. The summed E-state index contributed by atoms with van der Waals surface area (Å²) in [6.45, 7) is 3.95. The van der Waals surface area contributed by atoms with Gasteiger partial charge in [-0.3, -0.25) is 0 Å². The number of hydrogen-bond acceptors (Lipinski definition) is 4. The number of rotatable bonds is 2. The summed E-state index contributed by atoms with van der Waals surface area (Å²) in [5.74, 6) is 0.317. The molecule has 0 aliphatic rings. The van der Waals surface area contributed by atoms with Crippen LogP contribution in [0.4, 0.5) is 5.69 Å². The molecule has 0 aliphatic carbocycles. The summed E-state index contributed by atoms with van der Waals surface area (Å²) in [6, 6.07) is 8.53. The van der Waals surface area contributed by atoms with E-state index in [1.54, 1.807) is 24.3 Å². The van der Waals surface area contributed by atoms with Crippen molar-refractivity contribution < 1.29 is 5.11 Å². The number of nitriles is 1. The number of phenolic OH excluding ortho intramolecular Hbond substituents is 1. The maximum absolute atomic E-state index is 9.26. The molecule has 0 amide bonds. The predicted octanol–water partition coefficient (Wildman–Crippen LogP) is 2.16. The third kappa shape index (κ3) is 1.89. The van der Waals surface area contributed by atoms with E-state index in [4.69, 9.17) is 5.73 Å². The second kappa shape index (κ2) is 4.41. The molecule has 2 aromatic rings. The van der Waals surface area contributed by atoms with Crippen LogP contribution in [0.2, 0.25) is 0 Å². The first-order chi connectivity index (χ1) is 8.54. The monoisotopic (exact) mass is 242 g/mol. The Labute approximate surface area is 105 Å². The van der Waals surface area contributed by atoms with Crippen LogP contribution in [0.15, 0.2) is 24.3 Å². The Kier molecular flexibility index (Phi) is 2.94. The van der Waals surface area contributed by atoms with E-state index < -0.39 is 0 Å². The third-order valence-electron chi connectivity index (χ3n) is 2.70. The van der Waals surface area contributed by atoms with Crippen LogP contribution < -0.4 is 5.73 Å². The van der Waals surface area contributed by atoms with E-state index in [9.17, 15) is 10.4 Å². The van der Waals surface area contributed by atoms with Gasteiger partial charge >= 0.3 is 0 Å². The van der Waals surface area contributed by atoms with Crippen LogP contribution in [-0.2, 0) is 0 Å². The average Bonchev–Trinajstić information content (AvgIpc) is 2.67. The zero-order valence-corrected chi connectivity index (χ0v) is 10.3. The second-order valence-electron chi connectivity index (χ2n) is 4.34. The summed E-state index contributed by atoms with van der Waals surface area (Å²) in [4.78, 5) is 0. The van der Waals surface area contributed by atoms with Crippen LogP contribution in [0.1, 0.15) is 31.2 Å². The fourth-order valence-corrected chi connectivity index (χ4v) is 1.76. The van der Waals surface area contributed by atoms with E-state index in [2.05, 4.69) is 11.2 Å². The lowest BCUT2D eigenvalue weighted by Gasteiger charge is -2.02. The Morgan fingerprint density at radius 2 is 1.94 bits per heavy atom. The van der Waals surface area contributed by atoms with Crippen molar-refractivity contribution in [1.82, 2.24) is 9.78 Å². The number of aromatic hydroxyl groups is 1. The van der Waals surface area contributed by atoms with Gasteiger partial charge < -0.3 is 10.8 Å². The summed E-state index contributed by atoms with van der Waals surface area (Å²) in [5.41, 5.74) is 8.07. The highest BCUT2D eigenvalue weighted by atomic mass is 16.3. The van der Waals surface area contributed by atoms with Gasteiger partial charge in [-0.15, -0.1) is 0 Å². The van der Waals surface area contributed by atoms with Crippen molar-refractivity contribution in [3.63, 3.8) is 0 Å². The van der Waals surface area contributed by atoms with E-state index >= 15 is 0 Å². The van der Waals surface area contributed by atoms with Gasteiger partial charge in [-0.25, -0.2) is 4.68 Å². The minimum atomic E-state index is 0.149. The zero-order valence-electron chi connectivity index (χ0n) is 10.3. The molecule has 0 atom stereocenters. The van der Waals surface area contributed by atoms with Crippen molar-refractivity contribution in [3.05, 3.63) is 35.7 Å². The molecule has 1 heterocycles. The quantitative estimate of drug-likeness (QED) is 0.844. The first kappa shape index (κ1) is 12.0. The van der Waals surface area contributed by atoms with Gasteiger partial charge in [-0.2, -0.15) is 10.4 Å². The fraction of sp³-hybridized carbons (Fsp3) is 0.231. The molecule has 0 saturated heterocycles. The number of phenols is 1. The maximum Gasteiger partial charge on any atom is 0.167 e. The van der Waals surface area contributed by atoms with Gasteiger partial charge in [-0.05, 0) is 30.2 Å². The number of hydrogen-bond donors (Lipinski definition) is 2. The lowest BCUT2D eigenvalue weighted by molar-refractivity contribution is 0.475. The summed E-state index contributed by atoms with van der Waals surface area (Å²) in [6.07, 6.45) is 0. The molecule has 0 radical (unpaired) electrons. The number of nitrogens with two attached hydrogens (primary N) is 1. The Hall–Kier alpha value is -2.48. The Bertz CT molecular complexity index is 605. The van der Waals surface area contributed by atoms with Gasteiger partial charge in [0.05, 0.1) is 17.1 Å². The van der Waals surface area contributed by atoms with Crippen LogP contribution in [0.25, 0.3) is 5.69 Å². The minimum absolute atomic E-state index is 0.149. The zero-order chi connectivity index (χ0) is 13.3. The second-order valence-corrected chi connectivity index (χ2v) is 4.34. The van der Waals surface area contributed by atoms with Gasteiger partial charge in [-0.1, -0.05) is 13.8 Å². The van der Waals surface area contributed by atoms with Crippen LogP contribution in [-0.4, -0.2) is 14.9 Å². The Morgan fingerprint density at radius 3 is 2.44 bits per heavy atom. The first-order valence-corrected chi connectivity index (χ1v) is 5.62. The summed E-state index contributed by atoms with van der Waals surface area (Å²) >= 11 is 0. The van der Waals surface area contributed by atoms with Gasteiger partial charge in [0, 0.05) is 0 Å². The highest BCUT2D eigenvalue weighted by Crippen LogP contribution is 2.26. The smallest absolute Gasteiger partial charge is 0.167 e. The summed E-state index contributed by atoms with van der Waals surface area (Å²) < 4.78 is 1.50. The molecular formula is C13H14N4O. The molecule has 1 aromatic heterocycles. The molecule has 92 valence electrons. The molecule has 1 aromatic carbocycles. The number of nitrogens with zero attached hydrogens (tertiary/aromatic N) is 3. The van der Waals surface area contributed by atoms with Crippen molar-refractivity contribution in [2.45, 2.75) is 19.8 Å². The number of anilines is 1. The SMILES string of the molecule is CC(C)c1nn(-c2ccc(O)cc2)c(C#N)c1N. The van der Waals surface area contributed by atoms with Gasteiger partial charge in [0.2, 0.25) is 0 Å². The summed E-state index contributed by atoms with van der Waals surface area (Å²) in [7, 11) is 0. The van der Waals surface area contributed by atoms with Crippen LogP contribution in [0.5, 0.6) is 5.75 Å². The number of aromatic nitrogens is 2. The molecule has 0 fully saturated rings. The van der Waals surface area contributed by atoms with Crippen molar-refractivity contribution in [2.24, 2.45) is 0 Å². The van der Waals surface area contributed by atoms with Crippen molar-refractivity contribution in [2.75, 3.05) is 5.73 Å². The molecule has 0 unspecified atom stereocenters. The Morgan fingerprint density at radius 1 is 1.33 bits per heavy atom. The lowest BCUT2D eigenvalue weighted by atomic mass is 10.1. The topological polar surface area (TPSA) is 87.9 Å². The maximum atomic E-state index is 9.26. The molecule has 0 bridgehead atoms. The standard InChI is InChI=1S/C13H14N4O/c1-8(2)13-12(15)11(7-14)17(16-13)9-3-5-10(18)6-4-9/h3-6,8,18H,15H2,1-2H3. The van der Waals surface area contributed by atoms with E-state index in [1.807, 2.05) is 13.8 Å². The first-order valence-electron chi connectivity index (χ1n) is 5.62. The van der Waals surface area contributed by atoms with Crippen LogP contribution in [0, 0.1) is 11.3 Å². The van der Waals surface area contributed by atoms with E-state index in [0.29, 0.717) is 22.8 Å². The van der Waals surface area contributed by atoms with Crippen molar-refractivity contribution in [1.29, 1.82) is 5.26 Å². The molecule has 0 spiro atoms.